The van der Waals surface area contributed by atoms with Crippen LogP contribution in [0.4, 0.5) is 0 Å². The number of ketones is 2. The molecule has 1 unspecified atom stereocenters. The zero-order valence-corrected chi connectivity index (χ0v) is 20.3. The minimum absolute atomic E-state index is 0.161. The van der Waals surface area contributed by atoms with Crippen LogP contribution in [0.5, 0.6) is 0 Å². The Balaban J connectivity index is 2.08. The second-order valence-corrected chi connectivity index (χ2v) is 12.0. The Morgan fingerprint density at radius 1 is 0.972 bits per heavy atom. The standard InChI is InChI=1S/C18H21N4O12P2/c1-6-3-8-9(4-7(6)2)22(15-11(19-8)16(27)21-18(28)20-15)5-10(23)12(24)13(25)14(26)17(35(29,30)31)36(32,33)34/h3-4,13-14,17,25-26,29-34H,5H2,1-2H3/q+1/p+1/t13-,14?/m1/s1. The van der Waals surface area contributed by atoms with Crippen LogP contribution in [0.25, 0.3) is 22.6 Å². The molecule has 9 N–H and O–H groups in total. The lowest BCUT2D eigenvalue weighted by Crippen LogP contribution is -2.47. The normalized spacial score (nSPS) is 14.4. The van der Waals surface area contributed by atoms with Crippen LogP contribution in [-0.2, 0) is 16.1 Å². The van der Waals surface area contributed by atoms with Gasteiger partial charge in [-0.05, 0) is 37.1 Å². The summed E-state index contributed by atoms with van der Waals surface area (Å²) in [7, 11) is -10.9. The van der Waals surface area contributed by atoms with Gasteiger partial charge in [-0.2, -0.15) is 34.3 Å². The number of Topliss-reactive ketones (excluding diaryl/α,β-unsaturated/α-hetero) is 2. The van der Waals surface area contributed by atoms with E-state index in [-0.39, 0.29) is 22.6 Å². The molecule has 0 aromatic heterocycles. The van der Waals surface area contributed by atoms with E-state index in [1.807, 2.05) is 4.98 Å². The van der Waals surface area contributed by atoms with Gasteiger partial charge in [0.05, 0.1) is 17.6 Å². The number of aliphatic hydroxyl groups is 2. The molecule has 18 heteroatoms. The maximum atomic E-state index is 12.8. The molecule has 0 bridgehead atoms. The first-order chi connectivity index (χ1) is 16.4. The van der Waals surface area contributed by atoms with Gasteiger partial charge in [0.2, 0.25) is 11.6 Å². The van der Waals surface area contributed by atoms with E-state index >= 15 is 0 Å². The van der Waals surface area contributed by atoms with Crippen molar-refractivity contribution in [1.29, 1.82) is 0 Å². The van der Waals surface area contributed by atoms with Gasteiger partial charge in [0, 0.05) is 0 Å². The average molecular weight is 548 g/mol. The number of aliphatic hydroxyl groups excluding tert-OH is 2. The number of hydrogen-bond acceptors (Lipinski definition) is 14. The van der Waals surface area contributed by atoms with Crippen molar-refractivity contribution in [2.45, 2.75) is 38.0 Å². The Kier molecular flexibility index (Phi) is 7.52. The predicted octanol–water partition coefficient (Wildman–Crippen LogP) is -3.13. The van der Waals surface area contributed by atoms with E-state index in [2.05, 4.69) is 9.97 Å². The van der Waals surface area contributed by atoms with E-state index in [1.54, 1.807) is 19.9 Å². The van der Waals surface area contributed by atoms with Crippen molar-refractivity contribution < 1.29 is 49.2 Å². The van der Waals surface area contributed by atoms with Gasteiger partial charge in [-0.15, -0.1) is 0 Å². The van der Waals surface area contributed by atoms with Gasteiger partial charge in [-0.1, -0.05) is 0 Å². The number of carbonyl (C=O) groups excluding carboxylic acids is 2. The molecule has 194 valence electrons. The molecule has 2 aliphatic heterocycles. The van der Waals surface area contributed by atoms with Crippen molar-refractivity contribution >= 4 is 38.5 Å². The van der Waals surface area contributed by atoms with Crippen molar-refractivity contribution in [2.75, 3.05) is 0 Å². The van der Waals surface area contributed by atoms with E-state index in [0.29, 0.717) is 5.56 Å². The molecular weight excluding hydrogens is 526 g/mol. The largest absolute Gasteiger partial charge is 0.457 e. The molecular formula is C18H22N4O12P2+2. The summed E-state index contributed by atoms with van der Waals surface area (Å²) in [5.41, 5.74) is -0.559. The van der Waals surface area contributed by atoms with Crippen LogP contribution in [0.3, 0.4) is 0 Å². The molecule has 0 amide bonds. The molecule has 0 saturated carbocycles. The highest BCUT2D eigenvalue weighted by Crippen LogP contribution is 2.70. The summed E-state index contributed by atoms with van der Waals surface area (Å²) in [5, 5.41) is 17.2. The third kappa shape index (κ3) is 5.38. The number of nitrogens with zero attached hydrogens (tertiary/aromatic N) is 3. The first kappa shape index (κ1) is 28.0. The molecule has 1 aromatic rings. The van der Waals surface area contributed by atoms with Gasteiger partial charge in [0.25, 0.3) is 5.56 Å². The fraction of sp³-hybridized carbons (Fsp3) is 0.333. The summed E-state index contributed by atoms with van der Waals surface area (Å²) >= 11 is 0. The topological polar surface area (TPSA) is 277 Å². The van der Waals surface area contributed by atoms with Crippen LogP contribution in [0.1, 0.15) is 11.1 Å². The summed E-state index contributed by atoms with van der Waals surface area (Å²) in [6.45, 7) is 2.49. The Morgan fingerprint density at radius 2 is 1.53 bits per heavy atom. The first-order valence-corrected chi connectivity index (χ1v) is 13.4. The van der Waals surface area contributed by atoms with Crippen molar-refractivity contribution in [3.05, 3.63) is 44.1 Å². The zero-order valence-electron chi connectivity index (χ0n) is 18.5. The van der Waals surface area contributed by atoms with Gasteiger partial charge in [0.1, 0.15) is 0 Å². The second-order valence-electron chi connectivity index (χ2n) is 8.03. The molecule has 0 radical (unpaired) electrons. The second kappa shape index (κ2) is 9.68. The molecule has 3 rings (SSSR count). The lowest BCUT2D eigenvalue weighted by Gasteiger charge is -2.24. The molecule has 0 saturated heterocycles. The molecule has 0 fully saturated rings. The number of aromatic nitrogens is 4. The molecule has 2 aliphatic rings. The summed E-state index contributed by atoms with van der Waals surface area (Å²) in [6, 6.07) is 3.11. The van der Waals surface area contributed by atoms with Gasteiger partial charge < -0.3 is 14.8 Å². The number of fused-ring (bicyclic) bond motifs is 2. The number of aryl methyl sites for hydroxylation is 2. The average Bonchev–Trinajstić information content (AvgIpc) is 2.72. The number of hydrogen-bond donors (Lipinski definition) is 9. The lowest BCUT2D eigenvalue weighted by atomic mass is 10.1. The van der Waals surface area contributed by atoms with Gasteiger partial charge >= 0.3 is 27.0 Å². The van der Waals surface area contributed by atoms with Crippen LogP contribution < -0.4 is 11.2 Å². The van der Waals surface area contributed by atoms with Crippen LogP contribution in [-0.4, -0.2) is 88.3 Å². The van der Waals surface area contributed by atoms with Gasteiger partial charge in [-0.25, -0.2) is 9.78 Å². The number of carbonyl (C=O) groups is 2. The van der Waals surface area contributed by atoms with Crippen LogP contribution in [0.2, 0.25) is 0 Å². The SMILES string of the molecule is Cc1cc2nc3c(=O)[nH]c(=O)nc-3n(CC(=O)C(=O)[C@@H](O)C(O)C([P+](O)(O)O)[P+](O)(O)O)c2cc1C. The third-order valence-electron chi connectivity index (χ3n) is 5.41. The molecule has 2 atom stereocenters. The van der Waals surface area contributed by atoms with Crippen LogP contribution in [0.15, 0.2) is 21.7 Å². The van der Waals surface area contributed by atoms with E-state index in [1.165, 1.54) is 6.07 Å². The molecule has 2 heterocycles. The summed E-state index contributed by atoms with van der Waals surface area (Å²) in [6.07, 6.45) is -5.74. The van der Waals surface area contributed by atoms with E-state index in [0.717, 1.165) is 10.1 Å². The summed E-state index contributed by atoms with van der Waals surface area (Å²) in [4.78, 5) is 115. The zero-order chi connectivity index (χ0) is 27.3. The Morgan fingerprint density at radius 3 is 2.08 bits per heavy atom. The van der Waals surface area contributed by atoms with Gasteiger partial charge in [0.15, 0.2) is 23.7 Å². The van der Waals surface area contributed by atoms with Crippen LogP contribution >= 0.6 is 15.9 Å². The highest BCUT2D eigenvalue weighted by molar-refractivity contribution is 7.77. The number of H-pyrrole nitrogens is 1. The van der Waals surface area contributed by atoms with Crippen molar-refractivity contribution in [3.8, 4) is 11.5 Å². The number of aromatic amines is 1. The van der Waals surface area contributed by atoms with Gasteiger partial charge in [-0.3, -0.25) is 19.4 Å². The minimum atomic E-state index is -5.45. The van der Waals surface area contributed by atoms with Crippen molar-refractivity contribution in [1.82, 2.24) is 19.5 Å². The Labute approximate surface area is 201 Å². The molecule has 0 spiro atoms. The quantitative estimate of drug-likeness (QED) is 0.0765. The van der Waals surface area contributed by atoms with Crippen LogP contribution in [0, 0.1) is 13.8 Å². The fourth-order valence-electron chi connectivity index (χ4n) is 3.53. The monoisotopic (exact) mass is 548 g/mol. The van der Waals surface area contributed by atoms with Crippen molar-refractivity contribution in [2.24, 2.45) is 0 Å². The predicted molar refractivity (Wildman–Crippen MR) is 123 cm³/mol. The summed E-state index contributed by atoms with van der Waals surface area (Å²) < 4.78 is 1.00. The highest BCUT2D eigenvalue weighted by Gasteiger charge is 2.69. The molecule has 1 aromatic carbocycles. The smallest absolute Gasteiger partial charge is 0.382 e. The first-order valence-electron chi connectivity index (χ1n) is 9.92. The maximum absolute atomic E-state index is 12.8. The van der Waals surface area contributed by atoms with E-state index in [4.69, 9.17) is 0 Å². The third-order valence-corrected chi connectivity index (χ3v) is 9.30. The number of nitrogens with one attached hydrogen (secondary N) is 1. The van der Waals surface area contributed by atoms with E-state index < -0.39 is 62.9 Å². The summed E-state index contributed by atoms with van der Waals surface area (Å²) in [5.74, 6) is -3.65. The fourth-order valence-corrected chi connectivity index (χ4v) is 6.34. The molecule has 36 heavy (non-hydrogen) atoms. The van der Waals surface area contributed by atoms with Crippen molar-refractivity contribution in [3.63, 3.8) is 0 Å². The molecule has 0 aliphatic carbocycles. The maximum Gasteiger partial charge on any atom is 0.457 e. The molecule has 16 nitrogen and oxygen atoms in total. The number of benzene rings is 1. The Bertz CT molecular complexity index is 1430. The minimum Gasteiger partial charge on any atom is -0.382 e. The highest BCUT2D eigenvalue weighted by atomic mass is 31.3. The number of rotatable bonds is 8. The lowest BCUT2D eigenvalue weighted by molar-refractivity contribution is -0.145. The van der Waals surface area contributed by atoms with E-state index in [9.17, 15) is 58.8 Å². The Hall–Kier alpha value is -2.62.